The van der Waals surface area contributed by atoms with E-state index in [9.17, 15) is 0 Å². The van der Waals surface area contributed by atoms with Gasteiger partial charge in [0.25, 0.3) is 0 Å². The molecule has 0 atom stereocenters. The third-order valence-corrected chi connectivity index (χ3v) is 4.01. The highest BCUT2D eigenvalue weighted by Crippen LogP contribution is 2.37. The van der Waals surface area contributed by atoms with Crippen molar-refractivity contribution in [2.45, 2.75) is 13.0 Å². The van der Waals surface area contributed by atoms with Crippen LogP contribution in [0.25, 0.3) is 10.9 Å². The first-order valence-corrected chi connectivity index (χ1v) is 6.53. The fourth-order valence-corrected chi connectivity index (χ4v) is 2.71. The van der Waals surface area contributed by atoms with E-state index in [0.717, 1.165) is 34.3 Å². The molecule has 2 heterocycles. The lowest BCUT2D eigenvalue weighted by atomic mass is 10.0. The molecule has 1 aliphatic rings. The lowest BCUT2D eigenvalue weighted by molar-refractivity contribution is 0.110. The van der Waals surface area contributed by atoms with Gasteiger partial charge >= 0.3 is 0 Å². The Kier molecular flexibility index (Phi) is 3.06. The maximum Gasteiger partial charge on any atom is 0.0927 e. The van der Waals surface area contributed by atoms with Gasteiger partial charge in [0.05, 0.1) is 40.2 Å². The molecular weight excluding hydrogens is 271 g/mol. The number of nitrogens with zero attached hydrogens (tertiary/aromatic N) is 1. The van der Waals surface area contributed by atoms with Gasteiger partial charge in [-0.15, -0.1) is 0 Å². The van der Waals surface area contributed by atoms with E-state index in [1.54, 1.807) is 6.07 Å². The second kappa shape index (κ2) is 4.57. The topological polar surface area (TPSA) is 34.2 Å². The Morgan fingerprint density at radius 2 is 2.17 bits per heavy atom. The van der Waals surface area contributed by atoms with Gasteiger partial charge in [-0.2, -0.15) is 0 Å². The number of benzene rings is 1. The zero-order valence-electron chi connectivity index (χ0n) is 9.89. The predicted octanol–water partition coefficient (Wildman–Crippen LogP) is 3.66. The van der Waals surface area contributed by atoms with Crippen LogP contribution in [0.4, 0.5) is 5.69 Å². The Labute approximate surface area is 115 Å². The van der Waals surface area contributed by atoms with E-state index in [1.807, 2.05) is 13.1 Å². The average Bonchev–Trinajstić information content (AvgIpc) is 2.41. The van der Waals surface area contributed by atoms with Gasteiger partial charge < -0.3 is 10.1 Å². The van der Waals surface area contributed by atoms with E-state index < -0.39 is 0 Å². The Balaban J connectivity index is 2.40. The number of nitrogens with one attached hydrogen (secondary N) is 1. The van der Waals surface area contributed by atoms with Crippen molar-refractivity contribution in [2.24, 2.45) is 0 Å². The number of pyridine rings is 1. The summed E-state index contributed by atoms with van der Waals surface area (Å²) in [4.78, 5) is 4.65. The molecule has 0 amide bonds. The number of ether oxygens (including phenoxy) is 1. The number of hydrogen-bond acceptors (Lipinski definition) is 3. The van der Waals surface area contributed by atoms with Crippen LogP contribution in [-0.2, 0) is 17.8 Å². The molecule has 5 heteroatoms. The number of anilines is 1. The molecule has 0 radical (unpaired) electrons. The molecule has 3 rings (SSSR count). The molecule has 18 heavy (non-hydrogen) atoms. The first kappa shape index (κ1) is 12.0. The zero-order valence-corrected chi connectivity index (χ0v) is 11.4. The van der Waals surface area contributed by atoms with Crippen molar-refractivity contribution in [3.05, 3.63) is 33.4 Å². The zero-order chi connectivity index (χ0) is 12.7. The molecule has 1 aliphatic heterocycles. The fourth-order valence-electron chi connectivity index (χ4n) is 2.35. The summed E-state index contributed by atoms with van der Waals surface area (Å²) in [7, 11) is 1.90. The summed E-state index contributed by atoms with van der Waals surface area (Å²) in [5, 5.41) is 5.25. The Morgan fingerprint density at radius 3 is 2.94 bits per heavy atom. The fraction of sp³-hybridized carbons (Fsp3) is 0.308. The molecule has 1 aromatic heterocycles. The number of hydrogen-bond donors (Lipinski definition) is 1. The van der Waals surface area contributed by atoms with Gasteiger partial charge in [0.2, 0.25) is 0 Å². The number of fused-ring (bicyclic) bond motifs is 2. The van der Waals surface area contributed by atoms with Crippen LogP contribution in [0.3, 0.4) is 0 Å². The van der Waals surface area contributed by atoms with Crippen molar-refractivity contribution < 1.29 is 4.74 Å². The highest BCUT2D eigenvalue weighted by atomic mass is 35.5. The monoisotopic (exact) mass is 282 g/mol. The summed E-state index contributed by atoms with van der Waals surface area (Å²) in [6.45, 7) is 1.29. The predicted molar refractivity (Wildman–Crippen MR) is 74.7 cm³/mol. The van der Waals surface area contributed by atoms with E-state index >= 15 is 0 Å². The molecule has 0 saturated carbocycles. The highest BCUT2D eigenvalue weighted by molar-refractivity contribution is 6.45. The van der Waals surface area contributed by atoms with Gasteiger partial charge in [0.1, 0.15) is 0 Å². The van der Waals surface area contributed by atoms with E-state index in [2.05, 4.69) is 10.3 Å². The van der Waals surface area contributed by atoms with Crippen molar-refractivity contribution in [2.75, 3.05) is 19.0 Å². The molecule has 0 fully saturated rings. The van der Waals surface area contributed by atoms with Crippen LogP contribution in [0.2, 0.25) is 10.0 Å². The smallest absolute Gasteiger partial charge is 0.0927 e. The van der Waals surface area contributed by atoms with Crippen molar-refractivity contribution in [1.29, 1.82) is 0 Å². The maximum atomic E-state index is 6.24. The lowest BCUT2D eigenvalue weighted by Crippen LogP contribution is -2.14. The van der Waals surface area contributed by atoms with Gasteiger partial charge in [0.15, 0.2) is 0 Å². The molecule has 0 unspecified atom stereocenters. The van der Waals surface area contributed by atoms with Gasteiger partial charge in [-0.05, 0) is 12.1 Å². The Morgan fingerprint density at radius 1 is 1.33 bits per heavy atom. The molecule has 2 aromatic rings. The Hall–Kier alpha value is -1.03. The summed E-state index contributed by atoms with van der Waals surface area (Å²) in [6, 6.07) is 3.74. The van der Waals surface area contributed by atoms with E-state index in [0.29, 0.717) is 23.3 Å². The molecular formula is C13H12Cl2N2O. The summed E-state index contributed by atoms with van der Waals surface area (Å²) >= 11 is 12.3. The second-order valence-corrected chi connectivity index (χ2v) is 5.01. The number of halogens is 2. The largest absolute Gasteiger partial charge is 0.387 e. The van der Waals surface area contributed by atoms with Crippen LogP contribution < -0.4 is 5.32 Å². The SMILES string of the molecule is CNc1c2c(nc3c(Cl)c(Cl)ccc13)CCOC2. The van der Waals surface area contributed by atoms with Crippen LogP contribution in [-0.4, -0.2) is 18.6 Å². The lowest BCUT2D eigenvalue weighted by Gasteiger charge is -2.21. The van der Waals surface area contributed by atoms with E-state index in [-0.39, 0.29) is 0 Å². The summed E-state index contributed by atoms with van der Waals surface area (Å²) in [6.07, 6.45) is 0.808. The van der Waals surface area contributed by atoms with Crippen LogP contribution in [0.5, 0.6) is 0 Å². The summed E-state index contributed by atoms with van der Waals surface area (Å²) in [5.74, 6) is 0. The van der Waals surface area contributed by atoms with Crippen LogP contribution in [0.1, 0.15) is 11.3 Å². The summed E-state index contributed by atoms with van der Waals surface area (Å²) in [5.41, 5.74) is 3.96. The first-order valence-electron chi connectivity index (χ1n) is 5.77. The van der Waals surface area contributed by atoms with Crippen molar-refractivity contribution in [3.63, 3.8) is 0 Å². The molecule has 3 nitrogen and oxygen atoms in total. The average molecular weight is 283 g/mol. The standard InChI is InChI=1S/C13H12Cl2N2O/c1-16-12-7-2-3-9(14)11(15)13(7)17-10-4-5-18-6-8(10)12/h2-3H,4-6H2,1H3,(H,16,17). The van der Waals surface area contributed by atoms with E-state index in [4.69, 9.17) is 27.9 Å². The second-order valence-electron chi connectivity index (χ2n) is 4.22. The van der Waals surface area contributed by atoms with Gasteiger partial charge in [-0.1, -0.05) is 23.2 Å². The van der Waals surface area contributed by atoms with Crippen molar-refractivity contribution in [1.82, 2.24) is 4.98 Å². The van der Waals surface area contributed by atoms with Crippen LogP contribution in [0.15, 0.2) is 12.1 Å². The summed E-state index contributed by atoms with van der Waals surface area (Å²) < 4.78 is 5.50. The maximum absolute atomic E-state index is 6.24. The molecule has 0 saturated heterocycles. The van der Waals surface area contributed by atoms with Crippen LogP contribution in [0, 0.1) is 0 Å². The quantitative estimate of drug-likeness (QED) is 0.867. The third-order valence-electron chi connectivity index (χ3n) is 3.21. The van der Waals surface area contributed by atoms with Crippen molar-refractivity contribution in [3.8, 4) is 0 Å². The third kappa shape index (κ3) is 1.74. The number of aromatic nitrogens is 1. The van der Waals surface area contributed by atoms with E-state index in [1.165, 1.54) is 0 Å². The first-order chi connectivity index (χ1) is 8.72. The van der Waals surface area contributed by atoms with Crippen LogP contribution >= 0.6 is 23.2 Å². The molecule has 94 valence electrons. The minimum atomic E-state index is 0.514. The molecule has 1 aromatic carbocycles. The van der Waals surface area contributed by atoms with Gasteiger partial charge in [0, 0.05) is 24.4 Å². The number of rotatable bonds is 1. The normalized spacial score (nSPS) is 14.6. The molecule has 1 N–H and O–H groups in total. The minimum absolute atomic E-state index is 0.514. The molecule has 0 aliphatic carbocycles. The highest BCUT2D eigenvalue weighted by Gasteiger charge is 2.19. The van der Waals surface area contributed by atoms with Crippen molar-refractivity contribution >= 4 is 39.8 Å². The minimum Gasteiger partial charge on any atom is -0.387 e. The van der Waals surface area contributed by atoms with Gasteiger partial charge in [-0.25, -0.2) is 0 Å². The molecule has 0 bridgehead atoms. The van der Waals surface area contributed by atoms with Gasteiger partial charge in [-0.3, -0.25) is 4.98 Å². The Bertz CT molecular complexity index is 628. The molecule has 0 spiro atoms.